The monoisotopic (exact) mass is 228 g/mol. The van der Waals surface area contributed by atoms with Gasteiger partial charge in [-0.3, -0.25) is 0 Å². The van der Waals surface area contributed by atoms with Crippen molar-refractivity contribution in [1.29, 1.82) is 0 Å². The molecule has 0 aromatic heterocycles. The molecule has 2 atom stereocenters. The lowest BCUT2D eigenvalue weighted by atomic mass is 10.1. The Balaban J connectivity index is 2.06. The van der Waals surface area contributed by atoms with E-state index in [9.17, 15) is 0 Å². The summed E-state index contributed by atoms with van der Waals surface area (Å²) in [7, 11) is 0.794. The first-order valence-corrected chi connectivity index (χ1v) is 6.76. The summed E-state index contributed by atoms with van der Waals surface area (Å²) in [6, 6.07) is 8.95. The lowest BCUT2D eigenvalue weighted by Crippen LogP contribution is -2.07. The van der Waals surface area contributed by atoms with Gasteiger partial charge in [0.15, 0.2) is 0 Å². The van der Waals surface area contributed by atoms with Gasteiger partial charge in [-0.1, -0.05) is 70.7 Å². The van der Waals surface area contributed by atoms with Crippen molar-refractivity contribution in [1.82, 2.24) is 0 Å². The van der Waals surface area contributed by atoms with Gasteiger partial charge >= 0.3 is 0 Å². The van der Waals surface area contributed by atoms with E-state index in [-0.39, 0.29) is 0 Å². The molecule has 82 valence electrons. The molecule has 0 N–H and O–H groups in total. The largest absolute Gasteiger partial charge is 0.0949 e. The minimum absolute atomic E-state index is 0.498. The molecule has 1 aliphatic carbocycles. The molecule has 2 rings (SSSR count). The minimum Gasteiger partial charge on any atom is -0.0949 e. The maximum absolute atomic E-state index is 4.09. The molecule has 0 bridgehead atoms. The van der Waals surface area contributed by atoms with Crippen molar-refractivity contribution in [2.24, 2.45) is 0 Å². The minimum atomic E-state index is 0.498. The Morgan fingerprint density at radius 1 is 1.19 bits per heavy atom. The van der Waals surface area contributed by atoms with Gasteiger partial charge in [0.1, 0.15) is 0 Å². The van der Waals surface area contributed by atoms with Crippen LogP contribution in [0.25, 0.3) is 0 Å². The molecule has 0 nitrogen and oxygen atoms in total. The molecule has 0 heterocycles. The van der Waals surface area contributed by atoms with Crippen LogP contribution in [0.5, 0.6) is 0 Å². The molecule has 1 aromatic carbocycles. The van der Waals surface area contributed by atoms with Crippen LogP contribution in [0.1, 0.15) is 12.5 Å². The van der Waals surface area contributed by atoms with E-state index < -0.39 is 0 Å². The van der Waals surface area contributed by atoms with E-state index in [1.165, 1.54) is 16.4 Å². The standard InChI is InChI=1S/C15H17P/c1-3-13-8-10-14(11-9-13)16-15-7-5-4-6-12(15)2/h4-11,15-16H,2-3H2,1H3. The topological polar surface area (TPSA) is 0 Å². The Morgan fingerprint density at radius 3 is 2.56 bits per heavy atom. The van der Waals surface area contributed by atoms with E-state index in [0.29, 0.717) is 5.66 Å². The molecule has 0 saturated carbocycles. The van der Waals surface area contributed by atoms with Gasteiger partial charge in [0.05, 0.1) is 0 Å². The summed E-state index contributed by atoms with van der Waals surface area (Å²) >= 11 is 0. The van der Waals surface area contributed by atoms with Crippen molar-refractivity contribution in [3.8, 4) is 0 Å². The van der Waals surface area contributed by atoms with Gasteiger partial charge in [0.25, 0.3) is 0 Å². The summed E-state index contributed by atoms with van der Waals surface area (Å²) in [6.07, 6.45) is 9.64. The first-order valence-electron chi connectivity index (χ1n) is 5.68. The van der Waals surface area contributed by atoms with E-state index in [1.807, 2.05) is 0 Å². The molecule has 0 radical (unpaired) electrons. The molecule has 0 saturated heterocycles. The fourth-order valence-corrected chi connectivity index (χ4v) is 2.95. The Labute approximate surface area is 99.6 Å². The molecule has 0 amide bonds. The quantitative estimate of drug-likeness (QED) is 0.693. The van der Waals surface area contributed by atoms with Crippen LogP contribution in [0, 0.1) is 0 Å². The third kappa shape index (κ3) is 2.71. The number of hydrogen-bond donors (Lipinski definition) is 0. The summed E-state index contributed by atoms with van der Waals surface area (Å²) in [5.74, 6) is 0. The second-order valence-electron chi connectivity index (χ2n) is 3.99. The van der Waals surface area contributed by atoms with Crippen LogP contribution in [0.3, 0.4) is 0 Å². The molecular weight excluding hydrogens is 211 g/mol. The van der Waals surface area contributed by atoms with Crippen LogP contribution in [-0.4, -0.2) is 5.66 Å². The SMILES string of the molecule is C=C1C=CC=CC1Pc1ccc(CC)cc1. The summed E-state index contributed by atoms with van der Waals surface area (Å²) in [4.78, 5) is 0. The molecule has 0 aliphatic heterocycles. The molecular formula is C15H17P. The molecule has 1 aromatic rings. The predicted octanol–water partition coefficient (Wildman–Crippen LogP) is 3.60. The molecule has 0 spiro atoms. The smallest absolute Gasteiger partial charge is 0.0231 e. The average molecular weight is 228 g/mol. The Kier molecular flexibility index (Phi) is 3.74. The highest BCUT2D eigenvalue weighted by Crippen LogP contribution is 2.28. The van der Waals surface area contributed by atoms with Gasteiger partial charge in [-0.05, 0) is 22.9 Å². The number of rotatable bonds is 3. The highest BCUT2D eigenvalue weighted by atomic mass is 31.1. The number of benzene rings is 1. The van der Waals surface area contributed by atoms with Crippen LogP contribution in [0.4, 0.5) is 0 Å². The maximum atomic E-state index is 4.09. The third-order valence-corrected chi connectivity index (χ3v) is 4.35. The average Bonchev–Trinajstić information content (AvgIpc) is 2.33. The van der Waals surface area contributed by atoms with E-state index in [4.69, 9.17) is 0 Å². The van der Waals surface area contributed by atoms with E-state index in [0.717, 1.165) is 15.0 Å². The summed E-state index contributed by atoms with van der Waals surface area (Å²) in [5, 5.41) is 1.42. The van der Waals surface area contributed by atoms with Crippen LogP contribution < -0.4 is 5.30 Å². The third-order valence-electron chi connectivity index (χ3n) is 2.81. The fraction of sp³-hybridized carbons (Fsp3) is 0.200. The predicted molar refractivity (Wildman–Crippen MR) is 75.0 cm³/mol. The fourth-order valence-electron chi connectivity index (χ4n) is 1.74. The van der Waals surface area contributed by atoms with Crippen molar-refractivity contribution in [3.63, 3.8) is 0 Å². The van der Waals surface area contributed by atoms with Crippen LogP contribution in [0.15, 0.2) is 60.7 Å². The highest BCUT2D eigenvalue weighted by molar-refractivity contribution is 7.48. The van der Waals surface area contributed by atoms with Gasteiger partial charge in [0.2, 0.25) is 0 Å². The first kappa shape index (κ1) is 11.4. The maximum Gasteiger partial charge on any atom is 0.0231 e. The van der Waals surface area contributed by atoms with Crippen molar-refractivity contribution in [2.45, 2.75) is 19.0 Å². The zero-order valence-electron chi connectivity index (χ0n) is 9.61. The molecule has 1 aliphatic rings. The van der Waals surface area contributed by atoms with Crippen LogP contribution in [0.2, 0.25) is 0 Å². The van der Waals surface area contributed by atoms with Crippen LogP contribution in [-0.2, 0) is 6.42 Å². The zero-order chi connectivity index (χ0) is 11.4. The van der Waals surface area contributed by atoms with E-state index in [1.54, 1.807) is 0 Å². The lowest BCUT2D eigenvalue weighted by molar-refractivity contribution is 1.14. The molecule has 0 fully saturated rings. The van der Waals surface area contributed by atoms with Crippen molar-refractivity contribution in [3.05, 3.63) is 66.3 Å². The Hall–Kier alpha value is -1.13. The van der Waals surface area contributed by atoms with Gasteiger partial charge in [-0.25, -0.2) is 0 Å². The van der Waals surface area contributed by atoms with Gasteiger partial charge < -0.3 is 0 Å². The summed E-state index contributed by atoms with van der Waals surface area (Å²) in [5.41, 5.74) is 3.13. The molecule has 2 unspecified atom stereocenters. The molecule has 1 heteroatoms. The normalized spacial score (nSPS) is 19.8. The Bertz CT molecular complexity index is 423. The summed E-state index contributed by atoms with van der Waals surface area (Å²) < 4.78 is 0. The zero-order valence-corrected chi connectivity index (χ0v) is 10.6. The van der Waals surface area contributed by atoms with Gasteiger partial charge in [-0.2, -0.15) is 0 Å². The van der Waals surface area contributed by atoms with Crippen molar-refractivity contribution < 1.29 is 0 Å². The lowest BCUT2D eigenvalue weighted by Gasteiger charge is -2.16. The second kappa shape index (κ2) is 5.27. The Morgan fingerprint density at radius 2 is 1.94 bits per heavy atom. The van der Waals surface area contributed by atoms with Crippen molar-refractivity contribution >= 4 is 13.9 Å². The van der Waals surface area contributed by atoms with Gasteiger partial charge in [-0.15, -0.1) is 0 Å². The highest BCUT2D eigenvalue weighted by Gasteiger charge is 2.09. The number of allylic oxidation sites excluding steroid dienone is 5. The van der Waals surface area contributed by atoms with E-state index >= 15 is 0 Å². The summed E-state index contributed by atoms with van der Waals surface area (Å²) in [6.45, 7) is 6.28. The number of aryl methyl sites for hydroxylation is 1. The number of hydrogen-bond acceptors (Lipinski definition) is 0. The van der Waals surface area contributed by atoms with E-state index in [2.05, 4.69) is 62.1 Å². The van der Waals surface area contributed by atoms with Gasteiger partial charge in [0, 0.05) is 5.66 Å². The second-order valence-corrected chi connectivity index (χ2v) is 5.48. The van der Waals surface area contributed by atoms with Crippen molar-refractivity contribution in [2.75, 3.05) is 0 Å². The first-order chi connectivity index (χ1) is 7.79. The molecule has 16 heavy (non-hydrogen) atoms. The van der Waals surface area contributed by atoms with Crippen LogP contribution >= 0.6 is 8.58 Å².